The fraction of sp³-hybridized carbons (Fsp3) is 0.933. The number of guanidine groups is 1. The van der Waals surface area contributed by atoms with E-state index in [9.17, 15) is 0 Å². The monoisotopic (exact) mass is 284 g/mol. The summed E-state index contributed by atoms with van der Waals surface area (Å²) in [6, 6.07) is 0. The topological polar surface area (TPSA) is 48.9 Å². The van der Waals surface area contributed by atoms with E-state index >= 15 is 0 Å². The van der Waals surface area contributed by atoms with Gasteiger partial charge in [0.05, 0.1) is 12.1 Å². The zero-order valence-electron chi connectivity index (χ0n) is 14.0. The molecule has 1 saturated heterocycles. The van der Waals surface area contributed by atoms with Gasteiger partial charge in [-0.15, -0.1) is 0 Å². The van der Waals surface area contributed by atoms with Crippen molar-refractivity contribution in [2.45, 2.75) is 51.7 Å². The fourth-order valence-electron chi connectivity index (χ4n) is 2.00. The number of nitrogens with zero attached hydrogens (tertiary/aromatic N) is 2. The number of aliphatic imine (C=N–C) groups is 1. The molecule has 0 bridgehead atoms. The molecular weight excluding hydrogens is 252 g/mol. The van der Waals surface area contributed by atoms with Crippen LogP contribution in [0.25, 0.3) is 0 Å². The summed E-state index contributed by atoms with van der Waals surface area (Å²) in [6.07, 6.45) is 2.27. The van der Waals surface area contributed by atoms with Crippen molar-refractivity contribution >= 4 is 5.96 Å². The average molecular weight is 284 g/mol. The van der Waals surface area contributed by atoms with Gasteiger partial charge in [-0.1, -0.05) is 0 Å². The van der Waals surface area contributed by atoms with Crippen LogP contribution in [0.1, 0.15) is 40.5 Å². The second kappa shape index (κ2) is 7.27. The molecule has 1 atom stereocenters. The van der Waals surface area contributed by atoms with Crippen molar-refractivity contribution in [3.05, 3.63) is 0 Å². The van der Waals surface area contributed by atoms with Crippen molar-refractivity contribution in [3.8, 4) is 0 Å². The van der Waals surface area contributed by atoms with E-state index in [0.717, 1.165) is 45.0 Å². The molecule has 0 aromatic rings. The first-order valence-electron chi connectivity index (χ1n) is 7.63. The summed E-state index contributed by atoms with van der Waals surface area (Å²) in [5.41, 5.74) is 0.00334. The molecule has 1 fully saturated rings. The second-order valence-corrected chi connectivity index (χ2v) is 6.66. The Bertz CT molecular complexity index is 320. The molecule has 118 valence electrons. The molecule has 5 nitrogen and oxygen atoms in total. The van der Waals surface area contributed by atoms with Crippen molar-refractivity contribution in [2.24, 2.45) is 4.99 Å². The molecule has 0 aliphatic carbocycles. The Morgan fingerprint density at radius 2 is 2.05 bits per heavy atom. The molecule has 0 aromatic carbocycles. The number of rotatable bonds is 6. The lowest BCUT2D eigenvalue weighted by atomic mass is 10.0. The van der Waals surface area contributed by atoms with Crippen LogP contribution in [0.3, 0.4) is 0 Å². The Kier molecular flexibility index (Phi) is 6.27. The first-order valence-corrected chi connectivity index (χ1v) is 7.63. The van der Waals surface area contributed by atoms with Crippen LogP contribution in [-0.2, 0) is 4.74 Å². The minimum atomic E-state index is -0.0484. The predicted octanol–water partition coefficient (Wildman–Crippen LogP) is 1.45. The van der Waals surface area contributed by atoms with Gasteiger partial charge < -0.3 is 20.3 Å². The van der Waals surface area contributed by atoms with Gasteiger partial charge in [0.1, 0.15) is 0 Å². The maximum Gasteiger partial charge on any atom is 0.191 e. The Morgan fingerprint density at radius 3 is 2.55 bits per heavy atom. The van der Waals surface area contributed by atoms with Crippen LogP contribution in [0.4, 0.5) is 0 Å². The van der Waals surface area contributed by atoms with Crippen LogP contribution in [0.15, 0.2) is 4.99 Å². The summed E-state index contributed by atoms with van der Waals surface area (Å²) >= 11 is 0. The first-order chi connectivity index (χ1) is 9.29. The maximum absolute atomic E-state index is 5.80. The van der Waals surface area contributed by atoms with Gasteiger partial charge >= 0.3 is 0 Å². The zero-order chi connectivity index (χ0) is 15.2. The van der Waals surface area contributed by atoms with Crippen molar-refractivity contribution in [3.63, 3.8) is 0 Å². The SMILES string of the molecule is CCNC(=NCC(C)(C)N(C)C)NCC1(C)CCCO1. The highest BCUT2D eigenvalue weighted by atomic mass is 16.5. The Balaban J connectivity index is 2.55. The lowest BCUT2D eigenvalue weighted by Crippen LogP contribution is -2.47. The van der Waals surface area contributed by atoms with Gasteiger partial charge in [-0.05, 0) is 54.6 Å². The van der Waals surface area contributed by atoms with E-state index in [-0.39, 0.29) is 11.1 Å². The Morgan fingerprint density at radius 1 is 1.35 bits per heavy atom. The van der Waals surface area contributed by atoms with Crippen LogP contribution in [0.5, 0.6) is 0 Å². The summed E-state index contributed by atoms with van der Waals surface area (Å²) in [4.78, 5) is 6.89. The summed E-state index contributed by atoms with van der Waals surface area (Å²) in [5, 5.41) is 6.71. The van der Waals surface area contributed by atoms with Crippen LogP contribution in [0.2, 0.25) is 0 Å². The summed E-state index contributed by atoms with van der Waals surface area (Å²) in [5.74, 6) is 0.874. The molecule has 2 N–H and O–H groups in total. The van der Waals surface area contributed by atoms with E-state index in [4.69, 9.17) is 9.73 Å². The van der Waals surface area contributed by atoms with Crippen molar-refractivity contribution in [2.75, 3.05) is 40.3 Å². The van der Waals surface area contributed by atoms with Gasteiger partial charge in [0.25, 0.3) is 0 Å². The molecule has 0 amide bonds. The standard InChI is InChI=1S/C15H32N4O/c1-7-16-13(17-11-14(2,3)19(5)6)18-12-15(4)9-8-10-20-15/h7-12H2,1-6H3,(H2,16,17,18). The third-order valence-corrected chi connectivity index (χ3v) is 4.11. The molecule has 5 heteroatoms. The summed E-state index contributed by atoms with van der Waals surface area (Å²) in [6.45, 7) is 11.9. The molecule has 0 aromatic heterocycles. The molecule has 1 rings (SSSR count). The van der Waals surface area contributed by atoms with Crippen LogP contribution < -0.4 is 10.6 Å². The lowest BCUT2D eigenvalue weighted by Gasteiger charge is -2.31. The number of hydrogen-bond donors (Lipinski definition) is 2. The molecule has 0 radical (unpaired) electrons. The minimum Gasteiger partial charge on any atom is -0.373 e. The minimum absolute atomic E-state index is 0.0484. The third-order valence-electron chi connectivity index (χ3n) is 4.11. The van der Waals surface area contributed by atoms with E-state index in [1.807, 2.05) is 0 Å². The van der Waals surface area contributed by atoms with Crippen LogP contribution in [-0.4, -0.2) is 62.3 Å². The average Bonchev–Trinajstić information content (AvgIpc) is 2.80. The molecule has 1 aliphatic rings. The van der Waals surface area contributed by atoms with E-state index in [1.165, 1.54) is 0 Å². The molecule has 0 saturated carbocycles. The Labute approximate surface area is 124 Å². The van der Waals surface area contributed by atoms with E-state index < -0.39 is 0 Å². The quantitative estimate of drug-likeness (QED) is 0.572. The highest BCUT2D eigenvalue weighted by Gasteiger charge is 2.29. The summed E-state index contributed by atoms with van der Waals surface area (Å²) < 4.78 is 5.80. The van der Waals surface area contributed by atoms with Gasteiger partial charge in [-0.2, -0.15) is 0 Å². The van der Waals surface area contributed by atoms with Crippen molar-refractivity contribution in [1.82, 2.24) is 15.5 Å². The Hall–Kier alpha value is -0.810. The van der Waals surface area contributed by atoms with Gasteiger partial charge in [0, 0.05) is 25.2 Å². The molecule has 1 heterocycles. The highest BCUT2D eigenvalue weighted by Crippen LogP contribution is 2.23. The summed E-state index contributed by atoms with van der Waals surface area (Å²) in [7, 11) is 4.17. The van der Waals surface area contributed by atoms with Gasteiger partial charge in [0.2, 0.25) is 0 Å². The molecular formula is C15H32N4O. The van der Waals surface area contributed by atoms with Crippen LogP contribution in [0, 0.1) is 0 Å². The van der Waals surface area contributed by atoms with Gasteiger partial charge in [-0.25, -0.2) is 0 Å². The zero-order valence-corrected chi connectivity index (χ0v) is 14.0. The van der Waals surface area contributed by atoms with E-state index in [1.54, 1.807) is 0 Å². The fourth-order valence-corrected chi connectivity index (χ4v) is 2.00. The van der Waals surface area contributed by atoms with Crippen molar-refractivity contribution < 1.29 is 4.74 Å². The first kappa shape index (κ1) is 17.2. The number of ether oxygens (including phenoxy) is 1. The molecule has 1 aliphatic heterocycles. The second-order valence-electron chi connectivity index (χ2n) is 6.66. The predicted molar refractivity (Wildman–Crippen MR) is 85.3 cm³/mol. The van der Waals surface area contributed by atoms with E-state index in [2.05, 4.69) is 57.3 Å². The molecule has 20 heavy (non-hydrogen) atoms. The highest BCUT2D eigenvalue weighted by molar-refractivity contribution is 5.79. The lowest BCUT2D eigenvalue weighted by molar-refractivity contribution is 0.0242. The number of hydrogen-bond acceptors (Lipinski definition) is 3. The number of nitrogens with one attached hydrogen (secondary N) is 2. The van der Waals surface area contributed by atoms with Crippen molar-refractivity contribution in [1.29, 1.82) is 0 Å². The van der Waals surface area contributed by atoms with Gasteiger partial charge in [0.15, 0.2) is 5.96 Å². The van der Waals surface area contributed by atoms with Gasteiger partial charge in [-0.3, -0.25) is 4.99 Å². The largest absolute Gasteiger partial charge is 0.373 e. The number of likely N-dealkylation sites (N-methyl/N-ethyl adjacent to an activating group) is 1. The smallest absolute Gasteiger partial charge is 0.191 e. The van der Waals surface area contributed by atoms with E-state index in [0.29, 0.717) is 0 Å². The van der Waals surface area contributed by atoms with Crippen LogP contribution >= 0.6 is 0 Å². The third kappa shape index (κ3) is 5.29. The molecule has 0 spiro atoms. The maximum atomic E-state index is 5.80. The normalized spacial score (nSPS) is 24.2. The molecule has 1 unspecified atom stereocenters.